The summed E-state index contributed by atoms with van der Waals surface area (Å²) in [7, 11) is -3.93. The van der Waals surface area contributed by atoms with Crippen LogP contribution in [-0.4, -0.2) is 37.5 Å². The number of nitrogens with zero attached hydrogens (tertiary/aromatic N) is 1. The first-order valence-corrected chi connectivity index (χ1v) is 14.0. The van der Waals surface area contributed by atoms with Gasteiger partial charge in [0.05, 0.1) is 4.90 Å². The number of carbonyl (C=O) groups is 2. The molecule has 1 fully saturated rings. The molecule has 0 aromatic heterocycles. The van der Waals surface area contributed by atoms with Crippen molar-refractivity contribution in [3.63, 3.8) is 0 Å². The summed E-state index contributed by atoms with van der Waals surface area (Å²) in [4.78, 5) is 24.8. The number of amides is 1. The van der Waals surface area contributed by atoms with Gasteiger partial charge in [0.1, 0.15) is 0 Å². The molecule has 0 bridgehead atoms. The molecule has 3 aromatic rings. The summed E-state index contributed by atoms with van der Waals surface area (Å²) < 4.78 is 30.2. The van der Waals surface area contributed by atoms with E-state index in [0.29, 0.717) is 16.8 Å². The number of Topliss-reactive ketones (excluding diaryl/α,β-unsaturated/α-hetero) is 1. The average molecular weight is 630 g/mol. The third kappa shape index (κ3) is 6.28. The van der Waals surface area contributed by atoms with Gasteiger partial charge in [0.2, 0.25) is 15.9 Å². The van der Waals surface area contributed by atoms with E-state index in [4.69, 9.17) is 0 Å². The number of benzene rings is 3. The highest BCUT2D eigenvalue weighted by Gasteiger charge is 2.34. The Morgan fingerprint density at radius 2 is 1.36 bits per heavy atom. The summed E-state index contributed by atoms with van der Waals surface area (Å²) in [5, 5.41) is 2.63. The molecular weight excluding hydrogens is 608 g/mol. The van der Waals surface area contributed by atoms with E-state index in [1.54, 1.807) is 24.3 Å². The Morgan fingerprint density at radius 1 is 0.861 bits per heavy atom. The summed E-state index contributed by atoms with van der Waals surface area (Å²) >= 11 is 6.87. The smallest absolute Gasteiger partial charge is 0.243 e. The molecule has 0 atom stereocenters. The van der Waals surface area contributed by atoms with Gasteiger partial charge in [0, 0.05) is 45.8 Å². The second-order valence-corrected chi connectivity index (χ2v) is 12.0. The zero-order valence-electron chi connectivity index (χ0n) is 19.2. The number of ketones is 1. The van der Waals surface area contributed by atoms with E-state index in [-0.39, 0.29) is 29.7 Å². The minimum absolute atomic E-state index is 0.0586. The van der Waals surface area contributed by atoms with Crippen LogP contribution in [0, 0.1) is 0 Å². The van der Waals surface area contributed by atoms with Crippen molar-refractivity contribution in [3.05, 3.63) is 104 Å². The normalized spacial score (nSPS) is 16.9. The van der Waals surface area contributed by atoms with Gasteiger partial charge in [0.25, 0.3) is 0 Å². The fourth-order valence-electron chi connectivity index (χ4n) is 3.84. The molecule has 0 radical (unpaired) electrons. The molecule has 0 saturated carbocycles. The van der Waals surface area contributed by atoms with E-state index in [2.05, 4.69) is 37.2 Å². The second-order valence-electron chi connectivity index (χ2n) is 8.26. The Labute approximate surface area is 227 Å². The highest BCUT2D eigenvalue weighted by atomic mass is 79.9. The number of piperidine rings is 1. The maximum absolute atomic E-state index is 13.6. The molecular formula is C27H22Br2N2O4S. The van der Waals surface area contributed by atoms with Crippen LogP contribution in [0.25, 0.3) is 12.2 Å². The lowest BCUT2D eigenvalue weighted by molar-refractivity contribution is -0.114. The third-order valence-electron chi connectivity index (χ3n) is 5.47. The van der Waals surface area contributed by atoms with Crippen LogP contribution in [-0.2, 0) is 19.6 Å². The molecule has 9 heteroatoms. The summed E-state index contributed by atoms with van der Waals surface area (Å²) in [6.07, 6.45) is 3.45. The van der Waals surface area contributed by atoms with E-state index in [0.717, 1.165) is 20.1 Å². The standard InChI is InChI=1S/C27H22Br2N2O4S/c1-18(32)30-25-8-10-26(11-9-25)36(34,35)31-16-21(12-19-4-2-6-23(28)14-19)27(33)22(17-31)13-20-5-3-7-24(29)15-20/h2-15H,16-17H2,1H3,(H,30,32)/b21-12+,22-13+. The van der Waals surface area contributed by atoms with Crippen molar-refractivity contribution in [2.24, 2.45) is 0 Å². The molecule has 1 heterocycles. The van der Waals surface area contributed by atoms with Gasteiger partial charge in [0.15, 0.2) is 5.78 Å². The molecule has 1 saturated heterocycles. The van der Waals surface area contributed by atoms with E-state index in [1.807, 2.05) is 48.5 Å². The number of hydrogen-bond donors (Lipinski definition) is 1. The Kier molecular flexibility index (Phi) is 8.04. The van der Waals surface area contributed by atoms with Crippen LogP contribution in [0.1, 0.15) is 18.1 Å². The van der Waals surface area contributed by atoms with E-state index >= 15 is 0 Å². The van der Waals surface area contributed by atoms with Gasteiger partial charge in [-0.15, -0.1) is 0 Å². The van der Waals surface area contributed by atoms with Crippen LogP contribution in [0.3, 0.4) is 0 Å². The summed E-state index contributed by atoms with van der Waals surface area (Å²) in [6, 6.07) is 20.9. The fourth-order valence-corrected chi connectivity index (χ4v) is 6.07. The monoisotopic (exact) mass is 628 g/mol. The van der Waals surface area contributed by atoms with Gasteiger partial charge in [-0.3, -0.25) is 9.59 Å². The largest absolute Gasteiger partial charge is 0.326 e. The first-order chi connectivity index (χ1) is 17.1. The number of carbonyl (C=O) groups excluding carboxylic acids is 2. The van der Waals surface area contributed by atoms with Gasteiger partial charge in [-0.25, -0.2) is 8.42 Å². The first kappa shape index (κ1) is 26.2. The SMILES string of the molecule is CC(=O)Nc1ccc(S(=O)(=O)N2C/C(=C\c3cccc(Br)c3)C(=O)/C(=C/c3cccc(Br)c3)C2)cc1. The average Bonchev–Trinajstić information content (AvgIpc) is 2.81. The Bertz CT molecular complexity index is 1430. The van der Waals surface area contributed by atoms with Crippen LogP contribution in [0.5, 0.6) is 0 Å². The molecule has 3 aromatic carbocycles. The number of nitrogens with one attached hydrogen (secondary N) is 1. The van der Waals surface area contributed by atoms with Crippen LogP contribution in [0.4, 0.5) is 5.69 Å². The predicted octanol–water partition coefficient (Wildman–Crippen LogP) is 5.91. The molecule has 4 rings (SSSR count). The zero-order chi connectivity index (χ0) is 25.9. The highest BCUT2D eigenvalue weighted by molar-refractivity contribution is 9.10. The number of rotatable bonds is 5. The molecule has 6 nitrogen and oxygen atoms in total. The van der Waals surface area contributed by atoms with Gasteiger partial charge in [-0.2, -0.15) is 4.31 Å². The van der Waals surface area contributed by atoms with Crippen molar-refractivity contribution >= 4 is 71.4 Å². The molecule has 1 amide bonds. The van der Waals surface area contributed by atoms with Crippen LogP contribution in [0.15, 0.2) is 97.8 Å². The van der Waals surface area contributed by atoms with Gasteiger partial charge >= 0.3 is 0 Å². The Morgan fingerprint density at radius 3 is 1.81 bits per heavy atom. The minimum Gasteiger partial charge on any atom is -0.326 e. The fraction of sp³-hybridized carbons (Fsp3) is 0.111. The van der Waals surface area contributed by atoms with Gasteiger partial charge in [-0.05, 0) is 71.8 Å². The lowest BCUT2D eigenvalue weighted by Crippen LogP contribution is -2.41. The molecule has 0 unspecified atom stereocenters. The maximum atomic E-state index is 13.6. The molecule has 1 aliphatic rings. The predicted molar refractivity (Wildman–Crippen MR) is 149 cm³/mol. The quantitative estimate of drug-likeness (QED) is 0.356. The van der Waals surface area contributed by atoms with Crippen molar-refractivity contribution < 1.29 is 18.0 Å². The van der Waals surface area contributed by atoms with Gasteiger partial charge in [-0.1, -0.05) is 56.1 Å². The number of halogens is 2. The highest BCUT2D eigenvalue weighted by Crippen LogP contribution is 2.28. The number of hydrogen-bond acceptors (Lipinski definition) is 4. The van der Waals surface area contributed by atoms with Crippen LogP contribution < -0.4 is 5.32 Å². The molecule has 36 heavy (non-hydrogen) atoms. The maximum Gasteiger partial charge on any atom is 0.243 e. The molecule has 1 N–H and O–H groups in total. The molecule has 0 aliphatic carbocycles. The molecule has 1 aliphatic heterocycles. The van der Waals surface area contributed by atoms with Crippen molar-refractivity contribution in [1.82, 2.24) is 4.31 Å². The van der Waals surface area contributed by atoms with E-state index in [9.17, 15) is 18.0 Å². The number of anilines is 1. The Balaban J connectivity index is 1.75. The lowest BCUT2D eigenvalue weighted by atomic mass is 9.95. The van der Waals surface area contributed by atoms with E-state index < -0.39 is 10.0 Å². The molecule has 0 spiro atoms. The zero-order valence-corrected chi connectivity index (χ0v) is 23.2. The lowest BCUT2D eigenvalue weighted by Gasteiger charge is -2.29. The number of sulfonamides is 1. The van der Waals surface area contributed by atoms with Crippen molar-refractivity contribution in [1.29, 1.82) is 0 Å². The topological polar surface area (TPSA) is 83.6 Å². The van der Waals surface area contributed by atoms with Crippen LogP contribution >= 0.6 is 31.9 Å². The third-order valence-corrected chi connectivity index (χ3v) is 8.26. The Hall–Kier alpha value is -2.85. The first-order valence-electron chi connectivity index (χ1n) is 11.0. The van der Waals surface area contributed by atoms with Crippen molar-refractivity contribution in [3.8, 4) is 0 Å². The summed E-state index contributed by atoms with van der Waals surface area (Å²) in [6.45, 7) is 1.27. The van der Waals surface area contributed by atoms with Crippen molar-refractivity contribution in [2.75, 3.05) is 18.4 Å². The summed E-state index contributed by atoms with van der Waals surface area (Å²) in [5.74, 6) is -0.438. The molecule has 184 valence electrons. The second kappa shape index (κ2) is 11.0. The van der Waals surface area contributed by atoms with Crippen molar-refractivity contribution in [2.45, 2.75) is 11.8 Å². The summed E-state index contributed by atoms with van der Waals surface area (Å²) in [5.41, 5.74) is 2.82. The van der Waals surface area contributed by atoms with E-state index in [1.165, 1.54) is 23.4 Å². The van der Waals surface area contributed by atoms with Gasteiger partial charge < -0.3 is 5.32 Å². The minimum atomic E-state index is -3.93. The van der Waals surface area contributed by atoms with Crippen LogP contribution in [0.2, 0.25) is 0 Å².